The molecule has 1 fully saturated rings. The van der Waals surface area contributed by atoms with Gasteiger partial charge in [-0.3, -0.25) is 9.78 Å². The molecule has 1 heterocycles. The molecule has 2 rings (SSSR count). The van der Waals surface area contributed by atoms with Crippen molar-refractivity contribution in [3.8, 4) is 0 Å². The minimum absolute atomic E-state index is 0.171. The number of carboxylic acid groups (broad SMARTS) is 1. The van der Waals surface area contributed by atoms with Crippen molar-refractivity contribution in [3.05, 3.63) is 23.8 Å². The highest BCUT2D eigenvalue weighted by molar-refractivity contribution is 5.84. The number of halogens is 3. The van der Waals surface area contributed by atoms with Crippen LogP contribution in [0.5, 0.6) is 0 Å². The number of nitrogens with zero attached hydrogens (tertiary/aromatic N) is 2. The molecule has 1 aliphatic rings. The third-order valence-corrected chi connectivity index (χ3v) is 2.58. The highest BCUT2D eigenvalue weighted by Gasteiger charge is 2.57. The molecule has 0 unspecified atom stereocenters. The molecular formula is C9H7F3N2O2. The second-order valence-corrected chi connectivity index (χ2v) is 3.64. The number of alkyl halides is 3. The fourth-order valence-corrected chi connectivity index (χ4v) is 1.57. The lowest BCUT2D eigenvalue weighted by Gasteiger charge is -2.14. The first kappa shape index (κ1) is 10.8. The molecule has 0 aromatic carbocycles. The van der Waals surface area contributed by atoms with E-state index in [0.717, 1.165) is 12.4 Å². The van der Waals surface area contributed by atoms with Crippen molar-refractivity contribution in [2.75, 3.05) is 0 Å². The second-order valence-electron chi connectivity index (χ2n) is 3.64. The number of aliphatic carboxylic acids is 1. The normalized spacial score (nSPS) is 18.2. The van der Waals surface area contributed by atoms with Gasteiger partial charge < -0.3 is 5.11 Å². The Balaban J connectivity index is 2.54. The van der Waals surface area contributed by atoms with Crippen LogP contribution in [0.25, 0.3) is 0 Å². The van der Waals surface area contributed by atoms with E-state index in [1.54, 1.807) is 0 Å². The molecule has 86 valence electrons. The number of carboxylic acids is 1. The Morgan fingerprint density at radius 3 is 2.31 bits per heavy atom. The molecule has 7 heteroatoms. The minimum Gasteiger partial charge on any atom is -0.481 e. The molecule has 0 saturated heterocycles. The molecule has 1 aromatic heterocycles. The molecule has 1 aromatic rings. The monoisotopic (exact) mass is 232 g/mol. The summed E-state index contributed by atoms with van der Waals surface area (Å²) in [6.45, 7) is 0. The van der Waals surface area contributed by atoms with Gasteiger partial charge in [0.05, 0.1) is 5.69 Å². The fourth-order valence-electron chi connectivity index (χ4n) is 1.57. The van der Waals surface area contributed by atoms with E-state index < -0.39 is 28.9 Å². The van der Waals surface area contributed by atoms with E-state index in [4.69, 9.17) is 5.11 Å². The SMILES string of the molecule is O=C(O)C1(c2nccnc2C(F)(F)F)CC1. The summed E-state index contributed by atoms with van der Waals surface area (Å²) in [5, 5.41) is 8.91. The smallest absolute Gasteiger partial charge is 0.435 e. The zero-order chi connectivity index (χ0) is 12.0. The first-order valence-corrected chi connectivity index (χ1v) is 4.50. The van der Waals surface area contributed by atoms with E-state index in [1.165, 1.54) is 0 Å². The Bertz CT molecular complexity index is 441. The summed E-state index contributed by atoms with van der Waals surface area (Å²) in [6, 6.07) is 0. The predicted octanol–water partition coefficient (Wildman–Crippen LogP) is 1.61. The molecule has 0 amide bonds. The van der Waals surface area contributed by atoms with Crippen molar-refractivity contribution in [1.29, 1.82) is 0 Å². The van der Waals surface area contributed by atoms with E-state index in [2.05, 4.69) is 9.97 Å². The zero-order valence-electron chi connectivity index (χ0n) is 7.95. The molecule has 4 nitrogen and oxygen atoms in total. The molecule has 16 heavy (non-hydrogen) atoms. The van der Waals surface area contributed by atoms with Crippen LogP contribution in [-0.2, 0) is 16.4 Å². The van der Waals surface area contributed by atoms with Crippen LogP contribution < -0.4 is 0 Å². The maximum absolute atomic E-state index is 12.6. The van der Waals surface area contributed by atoms with E-state index in [-0.39, 0.29) is 12.8 Å². The molecule has 0 radical (unpaired) electrons. The van der Waals surface area contributed by atoms with Crippen LogP contribution in [0.3, 0.4) is 0 Å². The minimum atomic E-state index is -4.67. The number of carbonyl (C=O) groups is 1. The van der Waals surface area contributed by atoms with Gasteiger partial charge in [0.1, 0.15) is 5.41 Å². The van der Waals surface area contributed by atoms with Crippen LogP contribution in [-0.4, -0.2) is 21.0 Å². The van der Waals surface area contributed by atoms with Gasteiger partial charge in [-0.25, -0.2) is 4.98 Å². The summed E-state index contributed by atoms with van der Waals surface area (Å²) in [4.78, 5) is 17.7. The first-order valence-electron chi connectivity index (χ1n) is 4.50. The standard InChI is InChI=1S/C9H7F3N2O2/c10-9(11,12)6-5(13-3-4-14-6)8(1-2-8)7(15)16/h3-4H,1-2H2,(H,15,16). The van der Waals surface area contributed by atoms with Crippen LogP contribution in [0, 0.1) is 0 Å². The number of aromatic nitrogens is 2. The fraction of sp³-hybridized carbons (Fsp3) is 0.444. The van der Waals surface area contributed by atoms with Gasteiger partial charge in [0.15, 0.2) is 5.69 Å². The molecule has 1 saturated carbocycles. The number of rotatable bonds is 2. The first-order chi connectivity index (χ1) is 7.38. The summed E-state index contributed by atoms with van der Waals surface area (Å²) in [7, 11) is 0. The van der Waals surface area contributed by atoms with Gasteiger partial charge in [-0.2, -0.15) is 13.2 Å². The number of hydrogen-bond acceptors (Lipinski definition) is 3. The van der Waals surface area contributed by atoms with Crippen LogP contribution in [0.4, 0.5) is 13.2 Å². The highest BCUT2D eigenvalue weighted by Crippen LogP contribution is 2.50. The van der Waals surface area contributed by atoms with E-state index in [1.807, 2.05) is 0 Å². The van der Waals surface area contributed by atoms with E-state index in [0.29, 0.717) is 0 Å². The Hall–Kier alpha value is -1.66. The Morgan fingerprint density at radius 2 is 1.88 bits per heavy atom. The van der Waals surface area contributed by atoms with Crippen molar-refractivity contribution < 1.29 is 23.1 Å². The molecule has 0 atom stereocenters. The summed E-state index contributed by atoms with van der Waals surface area (Å²) >= 11 is 0. The summed E-state index contributed by atoms with van der Waals surface area (Å²) in [5.41, 5.74) is -3.16. The topological polar surface area (TPSA) is 63.1 Å². The van der Waals surface area contributed by atoms with Crippen LogP contribution in [0.1, 0.15) is 24.2 Å². The number of hydrogen-bond donors (Lipinski definition) is 1. The second kappa shape index (κ2) is 3.16. The summed E-state index contributed by atoms with van der Waals surface area (Å²) in [6.07, 6.45) is -2.35. The Labute approximate surface area is 88.1 Å². The van der Waals surface area contributed by atoms with Crippen molar-refractivity contribution in [2.45, 2.75) is 24.4 Å². The van der Waals surface area contributed by atoms with Crippen LogP contribution >= 0.6 is 0 Å². The average molecular weight is 232 g/mol. The van der Waals surface area contributed by atoms with Crippen molar-refractivity contribution in [3.63, 3.8) is 0 Å². The van der Waals surface area contributed by atoms with Gasteiger partial charge in [-0.15, -0.1) is 0 Å². The lowest BCUT2D eigenvalue weighted by atomic mass is 10.00. The van der Waals surface area contributed by atoms with Crippen molar-refractivity contribution in [2.24, 2.45) is 0 Å². The Morgan fingerprint density at radius 1 is 1.31 bits per heavy atom. The van der Waals surface area contributed by atoms with Gasteiger partial charge in [-0.05, 0) is 12.8 Å². The molecule has 0 aliphatic heterocycles. The van der Waals surface area contributed by atoms with Gasteiger partial charge in [-0.1, -0.05) is 0 Å². The van der Waals surface area contributed by atoms with Gasteiger partial charge in [0.2, 0.25) is 0 Å². The third kappa shape index (κ3) is 1.52. The predicted molar refractivity (Wildman–Crippen MR) is 45.6 cm³/mol. The van der Waals surface area contributed by atoms with Crippen LogP contribution in [0.2, 0.25) is 0 Å². The van der Waals surface area contributed by atoms with E-state index in [9.17, 15) is 18.0 Å². The maximum Gasteiger partial charge on any atom is 0.435 e. The summed E-state index contributed by atoms with van der Waals surface area (Å²) in [5.74, 6) is -1.28. The lowest BCUT2D eigenvalue weighted by molar-refractivity contribution is -0.145. The van der Waals surface area contributed by atoms with Gasteiger partial charge in [0, 0.05) is 12.4 Å². The van der Waals surface area contributed by atoms with Gasteiger partial charge in [0.25, 0.3) is 0 Å². The highest BCUT2D eigenvalue weighted by atomic mass is 19.4. The van der Waals surface area contributed by atoms with Crippen molar-refractivity contribution in [1.82, 2.24) is 9.97 Å². The Kier molecular flexibility index (Phi) is 2.14. The molecular weight excluding hydrogens is 225 g/mol. The molecule has 0 bridgehead atoms. The lowest BCUT2D eigenvalue weighted by Crippen LogP contribution is -2.26. The zero-order valence-corrected chi connectivity index (χ0v) is 7.95. The van der Waals surface area contributed by atoms with Crippen molar-refractivity contribution >= 4 is 5.97 Å². The largest absolute Gasteiger partial charge is 0.481 e. The quantitative estimate of drug-likeness (QED) is 0.841. The van der Waals surface area contributed by atoms with Gasteiger partial charge >= 0.3 is 12.1 Å². The molecule has 1 N–H and O–H groups in total. The summed E-state index contributed by atoms with van der Waals surface area (Å²) < 4.78 is 37.7. The van der Waals surface area contributed by atoms with E-state index >= 15 is 0 Å². The maximum atomic E-state index is 12.6. The third-order valence-electron chi connectivity index (χ3n) is 2.58. The molecule has 0 spiro atoms. The molecule has 1 aliphatic carbocycles. The van der Waals surface area contributed by atoms with Crippen LogP contribution in [0.15, 0.2) is 12.4 Å². The average Bonchev–Trinajstić information content (AvgIpc) is 2.97.